The number of aliphatic imine (C=N–C) groups is 1. The number of unbranched alkanes of at least 4 members (excludes halogenated alkanes) is 1. The molecule has 0 heterocycles. The molecule has 0 aliphatic rings. The number of nitrogens with one attached hydrogen (secondary N) is 3. The van der Waals surface area contributed by atoms with Crippen LogP contribution in [0.3, 0.4) is 0 Å². The maximum absolute atomic E-state index is 12.8. The highest BCUT2D eigenvalue weighted by molar-refractivity contribution is 7.80. The molecule has 0 aliphatic heterocycles. The smallest absolute Gasteiger partial charge is 0.326 e. The molecule has 4 unspecified atom stereocenters. The highest BCUT2D eigenvalue weighted by Crippen LogP contribution is 2.06. The minimum absolute atomic E-state index is 0.0812. The number of aliphatic carboxylic acids is 1. The summed E-state index contributed by atoms with van der Waals surface area (Å²) < 4.78 is 0. The van der Waals surface area contributed by atoms with Crippen LogP contribution in [0.1, 0.15) is 46.0 Å². The molecule has 3 amide bonds. The number of carboxylic acids is 1. The summed E-state index contributed by atoms with van der Waals surface area (Å²) in [5.41, 5.74) is 21.8. The summed E-state index contributed by atoms with van der Waals surface area (Å²) in [6, 6.07) is -4.06. The van der Waals surface area contributed by atoms with E-state index in [1.54, 1.807) is 13.8 Å². The van der Waals surface area contributed by atoms with E-state index in [2.05, 4.69) is 33.6 Å². The summed E-state index contributed by atoms with van der Waals surface area (Å²) in [5.74, 6) is -3.54. The number of carbonyl (C=O) groups is 4. The molecule has 4 atom stereocenters. The zero-order valence-electron chi connectivity index (χ0n) is 19.8. The number of nitrogens with two attached hydrogens (primary N) is 4. The maximum atomic E-state index is 12.8. The average Bonchev–Trinajstić information content (AvgIpc) is 2.76. The lowest BCUT2D eigenvalue weighted by Crippen LogP contribution is -2.58. The van der Waals surface area contributed by atoms with Crippen molar-refractivity contribution in [3.63, 3.8) is 0 Å². The van der Waals surface area contributed by atoms with Gasteiger partial charge in [0.25, 0.3) is 0 Å². The fourth-order valence-corrected chi connectivity index (χ4v) is 3.18. The molecule has 14 heteroatoms. The van der Waals surface area contributed by atoms with E-state index in [1.807, 2.05) is 0 Å². The molecular weight excluding hydrogens is 464 g/mol. The van der Waals surface area contributed by atoms with E-state index in [4.69, 9.17) is 22.9 Å². The highest BCUT2D eigenvalue weighted by atomic mass is 32.1. The van der Waals surface area contributed by atoms with E-state index in [1.165, 1.54) is 0 Å². The number of nitrogens with zero attached hydrogens (tertiary/aromatic N) is 1. The number of hydrogen-bond acceptors (Lipinski definition) is 8. The minimum Gasteiger partial charge on any atom is -0.480 e. The van der Waals surface area contributed by atoms with Crippen molar-refractivity contribution in [2.45, 2.75) is 70.1 Å². The Kier molecular flexibility index (Phi) is 15.7. The van der Waals surface area contributed by atoms with Crippen LogP contribution in [0.4, 0.5) is 0 Å². The van der Waals surface area contributed by atoms with Crippen molar-refractivity contribution < 1.29 is 24.3 Å². The molecule has 0 spiro atoms. The van der Waals surface area contributed by atoms with Gasteiger partial charge in [-0.05, 0) is 38.1 Å². The minimum atomic E-state index is -1.24. The molecule has 0 aromatic heterocycles. The fraction of sp³-hybridized carbons (Fsp3) is 0.750. The van der Waals surface area contributed by atoms with Crippen molar-refractivity contribution in [3.05, 3.63) is 0 Å². The van der Waals surface area contributed by atoms with Crippen LogP contribution in [0.5, 0.6) is 0 Å². The van der Waals surface area contributed by atoms with Gasteiger partial charge in [-0.1, -0.05) is 20.3 Å². The molecule has 0 aliphatic carbocycles. The third-order valence-corrected chi connectivity index (χ3v) is 5.29. The van der Waals surface area contributed by atoms with Gasteiger partial charge in [-0.15, -0.1) is 0 Å². The SMILES string of the molecule is CC(C)C(NC(=O)C(N)CCCCN)C(=O)NC(CS)C(=O)NC(CCCN=C(N)N)C(=O)O. The first-order valence-corrected chi connectivity index (χ1v) is 11.8. The van der Waals surface area contributed by atoms with Gasteiger partial charge in [-0.2, -0.15) is 12.6 Å². The molecule has 196 valence electrons. The van der Waals surface area contributed by atoms with E-state index < -0.39 is 47.9 Å². The Balaban J connectivity index is 5.05. The predicted molar refractivity (Wildman–Crippen MR) is 133 cm³/mol. The first-order chi connectivity index (χ1) is 15.9. The van der Waals surface area contributed by atoms with Crippen LogP contribution in [0.15, 0.2) is 4.99 Å². The average molecular weight is 505 g/mol. The molecule has 0 aromatic rings. The summed E-state index contributed by atoms with van der Waals surface area (Å²) >= 11 is 4.10. The van der Waals surface area contributed by atoms with Crippen LogP contribution in [0.2, 0.25) is 0 Å². The molecule has 0 fully saturated rings. The number of amides is 3. The Morgan fingerprint density at radius 3 is 2.03 bits per heavy atom. The van der Waals surface area contributed by atoms with Gasteiger partial charge in [0.1, 0.15) is 18.1 Å². The second kappa shape index (κ2) is 16.9. The molecule has 12 N–H and O–H groups in total. The van der Waals surface area contributed by atoms with E-state index in [9.17, 15) is 24.3 Å². The second-order valence-corrected chi connectivity index (χ2v) is 8.58. The van der Waals surface area contributed by atoms with Crippen LogP contribution in [0.25, 0.3) is 0 Å². The zero-order chi connectivity index (χ0) is 26.3. The Hall–Kier alpha value is -2.58. The molecule has 0 rings (SSSR count). The summed E-state index contributed by atoms with van der Waals surface area (Å²) in [7, 11) is 0. The van der Waals surface area contributed by atoms with Gasteiger partial charge in [0.2, 0.25) is 17.7 Å². The Labute approximate surface area is 205 Å². The molecule has 0 saturated carbocycles. The van der Waals surface area contributed by atoms with E-state index in [0.717, 1.165) is 6.42 Å². The van der Waals surface area contributed by atoms with Crippen LogP contribution in [0, 0.1) is 5.92 Å². The Bertz CT molecular complexity index is 702. The molecule has 34 heavy (non-hydrogen) atoms. The molecular formula is C20H40N8O5S. The number of thiol groups is 1. The van der Waals surface area contributed by atoms with Gasteiger partial charge in [0.15, 0.2) is 5.96 Å². The van der Waals surface area contributed by atoms with Gasteiger partial charge < -0.3 is 44.0 Å². The first-order valence-electron chi connectivity index (χ1n) is 11.2. The summed E-state index contributed by atoms with van der Waals surface area (Å²) in [5, 5.41) is 16.9. The second-order valence-electron chi connectivity index (χ2n) is 8.21. The van der Waals surface area contributed by atoms with E-state index in [-0.39, 0.29) is 30.6 Å². The van der Waals surface area contributed by atoms with Crippen molar-refractivity contribution in [2.24, 2.45) is 33.8 Å². The lowest BCUT2D eigenvalue weighted by molar-refractivity contribution is -0.142. The highest BCUT2D eigenvalue weighted by Gasteiger charge is 2.31. The molecule has 0 saturated heterocycles. The molecule has 0 bridgehead atoms. The zero-order valence-corrected chi connectivity index (χ0v) is 20.7. The Morgan fingerprint density at radius 2 is 1.53 bits per heavy atom. The Morgan fingerprint density at radius 1 is 0.912 bits per heavy atom. The van der Waals surface area contributed by atoms with Gasteiger partial charge >= 0.3 is 5.97 Å². The van der Waals surface area contributed by atoms with Crippen LogP contribution < -0.4 is 38.9 Å². The van der Waals surface area contributed by atoms with Gasteiger partial charge in [0.05, 0.1) is 6.04 Å². The standard InChI is InChI=1S/C20H40N8O5S/c1-11(2)15(28-16(29)12(22)6-3-4-8-21)18(31)27-14(10-34)17(30)26-13(19(32)33)7-5-9-25-20(23)24/h11-15,34H,3-10,21-22H2,1-2H3,(H,26,30)(H,27,31)(H,28,29)(H,32,33)(H4,23,24,25). The number of carboxylic acid groups (broad SMARTS) is 1. The third-order valence-electron chi connectivity index (χ3n) is 4.93. The molecule has 13 nitrogen and oxygen atoms in total. The van der Waals surface area contributed by atoms with Crippen molar-refractivity contribution in [3.8, 4) is 0 Å². The number of hydrogen-bond donors (Lipinski definition) is 9. The quantitative estimate of drug-likeness (QED) is 0.0444. The largest absolute Gasteiger partial charge is 0.480 e. The van der Waals surface area contributed by atoms with Crippen molar-refractivity contribution in [1.82, 2.24) is 16.0 Å². The topological polar surface area (TPSA) is 241 Å². The predicted octanol–water partition coefficient (Wildman–Crippen LogP) is -2.38. The van der Waals surface area contributed by atoms with Gasteiger partial charge in [0, 0.05) is 12.3 Å². The number of carbonyl (C=O) groups excluding carboxylic acids is 3. The van der Waals surface area contributed by atoms with E-state index >= 15 is 0 Å². The molecule has 0 radical (unpaired) electrons. The third kappa shape index (κ3) is 12.6. The fourth-order valence-electron chi connectivity index (χ4n) is 2.92. The van der Waals surface area contributed by atoms with Crippen LogP contribution in [-0.4, -0.2) is 77.8 Å². The van der Waals surface area contributed by atoms with Gasteiger partial charge in [-0.25, -0.2) is 4.79 Å². The monoisotopic (exact) mass is 504 g/mol. The van der Waals surface area contributed by atoms with Gasteiger partial charge in [-0.3, -0.25) is 19.4 Å². The summed E-state index contributed by atoms with van der Waals surface area (Å²) in [4.78, 5) is 53.1. The number of guanidine groups is 1. The van der Waals surface area contributed by atoms with Crippen molar-refractivity contribution in [1.29, 1.82) is 0 Å². The lowest BCUT2D eigenvalue weighted by atomic mass is 10.0. The summed E-state index contributed by atoms with van der Waals surface area (Å²) in [6.07, 6.45) is 2.25. The molecule has 0 aromatic carbocycles. The van der Waals surface area contributed by atoms with Crippen LogP contribution >= 0.6 is 12.6 Å². The van der Waals surface area contributed by atoms with Crippen molar-refractivity contribution >= 4 is 42.3 Å². The van der Waals surface area contributed by atoms with Crippen molar-refractivity contribution in [2.75, 3.05) is 18.8 Å². The number of rotatable bonds is 17. The summed E-state index contributed by atoms with van der Waals surface area (Å²) in [6.45, 7) is 4.17. The first kappa shape index (κ1) is 31.4. The van der Waals surface area contributed by atoms with E-state index in [0.29, 0.717) is 25.8 Å². The normalized spacial score (nSPS) is 14.4. The maximum Gasteiger partial charge on any atom is 0.326 e. The lowest BCUT2D eigenvalue weighted by Gasteiger charge is -2.26. The van der Waals surface area contributed by atoms with Crippen LogP contribution in [-0.2, 0) is 19.2 Å².